The second-order valence-corrected chi connectivity index (χ2v) is 8.47. The molecule has 4 rings (SSSR count). The molecule has 0 spiro atoms. The van der Waals surface area contributed by atoms with Gasteiger partial charge in [0.05, 0.1) is 17.8 Å². The van der Waals surface area contributed by atoms with Gasteiger partial charge in [-0.25, -0.2) is 4.98 Å². The number of nitrogens with zero attached hydrogens (tertiary/aromatic N) is 3. The van der Waals surface area contributed by atoms with Gasteiger partial charge in [0.25, 0.3) is 0 Å². The molecular formula is C20H23F3N4OS. The summed E-state index contributed by atoms with van der Waals surface area (Å²) in [4.78, 5) is 21.0. The van der Waals surface area contributed by atoms with Crippen molar-refractivity contribution >= 4 is 17.2 Å². The Hall–Kier alpha value is -1.97. The molecule has 2 fully saturated rings. The second kappa shape index (κ2) is 8.41. The number of hydrogen-bond donors (Lipinski definition) is 1. The molecule has 2 aromatic rings. The average Bonchev–Trinajstić information content (AvgIpc) is 3.37. The van der Waals surface area contributed by atoms with Crippen LogP contribution in [0, 0.1) is 0 Å². The minimum Gasteiger partial charge on any atom is -0.352 e. The standard InChI is InChI=1S/C20H23F3N4OS/c21-20(22,23)15-3-1-14(2-4-15)19-25-17(13-29-19)11-26-7-9-27(10-8-26)12-18(28)24-16-5-6-16/h1-4,13,16H,5-12H2,(H,24,28). The number of benzene rings is 1. The van der Waals surface area contributed by atoms with Crippen LogP contribution in [0.15, 0.2) is 29.6 Å². The third-order valence-electron chi connectivity index (χ3n) is 5.17. The van der Waals surface area contributed by atoms with Gasteiger partial charge in [0, 0.05) is 49.7 Å². The highest BCUT2D eigenvalue weighted by molar-refractivity contribution is 7.13. The maximum absolute atomic E-state index is 12.7. The lowest BCUT2D eigenvalue weighted by Gasteiger charge is -2.33. The van der Waals surface area contributed by atoms with Crippen molar-refractivity contribution < 1.29 is 18.0 Å². The summed E-state index contributed by atoms with van der Waals surface area (Å²) in [6.45, 7) is 4.58. The maximum Gasteiger partial charge on any atom is 0.416 e. The van der Waals surface area contributed by atoms with Crippen LogP contribution in [0.2, 0.25) is 0 Å². The molecule has 0 bridgehead atoms. The van der Waals surface area contributed by atoms with Crippen molar-refractivity contribution in [1.29, 1.82) is 0 Å². The summed E-state index contributed by atoms with van der Waals surface area (Å²) in [6, 6.07) is 5.52. The number of amides is 1. The van der Waals surface area contributed by atoms with Gasteiger partial charge in [-0.15, -0.1) is 11.3 Å². The van der Waals surface area contributed by atoms with E-state index in [1.54, 1.807) is 0 Å². The van der Waals surface area contributed by atoms with Gasteiger partial charge in [-0.3, -0.25) is 14.6 Å². The van der Waals surface area contributed by atoms with Gasteiger partial charge in [0.15, 0.2) is 0 Å². The molecular weight excluding hydrogens is 401 g/mol. The van der Waals surface area contributed by atoms with Gasteiger partial charge < -0.3 is 5.32 Å². The van der Waals surface area contributed by atoms with Crippen LogP contribution >= 0.6 is 11.3 Å². The molecule has 9 heteroatoms. The van der Waals surface area contributed by atoms with Crippen LogP contribution < -0.4 is 5.32 Å². The van der Waals surface area contributed by atoms with Gasteiger partial charge in [0.2, 0.25) is 5.91 Å². The van der Waals surface area contributed by atoms with Crippen LogP contribution in [0.1, 0.15) is 24.1 Å². The van der Waals surface area contributed by atoms with E-state index in [0.717, 1.165) is 61.9 Å². The minimum absolute atomic E-state index is 0.113. The number of halogens is 3. The fourth-order valence-corrected chi connectivity index (χ4v) is 4.17. The van der Waals surface area contributed by atoms with E-state index >= 15 is 0 Å². The minimum atomic E-state index is -4.33. The van der Waals surface area contributed by atoms with Crippen molar-refractivity contribution in [3.05, 3.63) is 40.9 Å². The van der Waals surface area contributed by atoms with E-state index in [4.69, 9.17) is 0 Å². The normalized spacial score (nSPS) is 18.7. The van der Waals surface area contributed by atoms with E-state index in [9.17, 15) is 18.0 Å². The highest BCUT2D eigenvalue weighted by atomic mass is 32.1. The van der Waals surface area contributed by atoms with Crippen molar-refractivity contribution in [3.63, 3.8) is 0 Å². The first-order valence-electron chi connectivity index (χ1n) is 9.73. The number of alkyl halides is 3. The molecule has 0 radical (unpaired) electrons. The Morgan fingerprint density at radius 1 is 1.10 bits per heavy atom. The van der Waals surface area contributed by atoms with Crippen molar-refractivity contribution in [2.45, 2.75) is 31.6 Å². The smallest absolute Gasteiger partial charge is 0.352 e. The Labute approximate surface area is 171 Å². The number of aromatic nitrogens is 1. The molecule has 5 nitrogen and oxygen atoms in total. The van der Waals surface area contributed by atoms with E-state index in [1.165, 1.54) is 23.5 Å². The maximum atomic E-state index is 12.7. The first-order valence-corrected chi connectivity index (χ1v) is 10.6. The van der Waals surface area contributed by atoms with Crippen LogP contribution in [0.5, 0.6) is 0 Å². The molecule has 0 atom stereocenters. The molecule has 29 heavy (non-hydrogen) atoms. The quantitative estimate of drug-likeness (QED) is 0.774. The molecule has 1 saturated carbocycles. The van der Waals surface area contributed by atoms with Gasteiger partial charge in [0.1, 0.15) is 5.01 Å². The third-order valence-corrected chi connectivity index (χ3v) is 6.11. The Balaban J connectivity index is 1.27. The second-order valence-electron chi connectivity index (χ2n) is 7.61. The summed E-state index contributed by atoms with van der Waals surface area (Å²) in [7, 11) is 0. The predicted molar refractivity (Wildman–Crippen MR) is 105 cm³/mol. The summed E-state index contributed by atoms with van der Waals surface area (Å²) < 4.78 is 38.1. The SMILES string of the molecule is O=C(CN1CCN(Cc2csc(-c3ccc(C(F)(F)F)cc3)n2)CC1)NC1CC1. The monoisotopic (exact) mass is 424 g/mol. The van der Waals surface area contributed by atoms with E-state index in [2.05, 4.69) is 20.1 Å². The van der Waals surface area contributed by atoms with Gasteiger partial charge in [-0.2, -0.15) is 13.2 Å². The van der Waals surface area contributed by atoms with E-state index in [0.29, 0.717) is 24.7 Å². The number of carbonyl (C=O) groups is 1. The Bertz CT molecular complexity index is 840. The number of thiazole rings is 1. The summed E-state index contributed by atoms with van der Waals surface area (Å²) in [6.07, 6.45) is -2.13. The molecule has 1 N–H and O–H groups in total. The summed E-state index contributed by atoms with van der Waals surface area (Å²) >= 11 is 1.44. The molecule has 1 aliphatic carbocycles. The highest BCUT2D eigenvalue weighted by Gasteiger charge is 2.30. The topological polar surface area (TPSA) is 48.5 Å². The number of nitrogens with one attached hydrogen (secondary N) is 1. The Morgan fingerprint density at radius 2 is 1.76 bits per heavy atom. The lowest BCUT2D eigenvalue weighted by atomic mass is 10.1. The molecule has 0 unspecified atom stereocenters. The van der Waals surface area contributed by atoms with Crippen LogP contribution in [0.25, 0.3) is 10.6 Å². The van der Waals surface area contributed by atoms with Gasteiger partial charge in [-0.05, 0) is 25.0 Å². The number of hydrogen-bond acceptors (Lipinski definition) is 5. The summed E-state index contributed by atoms with van der Waals surface area (Å²) in [5.41, 5.74) is 0.965. The van der Waals surface area contributed by atoms with E-state index < -0.39 is 11.7 Å². The highest BCUT2D eigenvalue weighted by Crippen LogP contribution is 2.32. The lowest BCUT2D eigenvalue weighted by Crippen LogP contribution is -2.49. The van der Waals surface area contributed by atoms with Crippen molar-refractivity contribution in [2.75, 3.05) is 32.7 Å². The van der Waals surface area contributed by atoms with Gasteiger partial charge in [-0.1, -0.05) is 12.1 Å². The molecule has 1 aromatic carbocycles. The molecule has 1 aliphatic heterocycles. The van der Waals surface area contributed by atoms with E-state index in [1.807, 2.05) is 5.38 Å². The fraction of sp³-hybridized carbons (Fsp3) is 0.500. The van der Waals surface area contributed by atoms with Crippen LogP contribution in [-0.4, -0.2) is 59.5 Å². The molecule has 1 saturated heterocycles. The van der Waals surface area contributed by atoms with Crippen LogP contribution in [-0.2, 0) is 17.5 Å². The van der Waals surface area contributed by atoms with Crippen molar-refractivity contribution in [3.8, 4) is 10.6 Å². The van der Waals surface area contributed by atoms with Crippen LogP contribution in [0.4, 0.5) is 13.2 Å². The molecule has 1 amide bonds. The van der Waals surface area contributed by atoms with Crippen LogP contribution in [0.3, 0.4) is 0 Å². The first-order chi connectivity index (χ1) is 13.9. The summed E-state index contributed by atoms with van der Waals surface area (Å²) in [5, 5.41) is 5.70. The first kappa shape index (κ1) is 20.3. The van der Waals surface area contributed by atoms with E-state index in [-0.39, 0.29) is 5.91 Å². The molecule has 1 aromatic heterocycles. The third kappa shape index (κ3) is 5.55. The zero-order chi connectivity index (χ0) is 20.4. The number of rotatable bonds is 6. The lowest BCUT2D eigenvalue weighted by molar-refractivity contribution is -0.137. The Kier molecular flexibility index (Phi) is 5.89. The Morgan fingerprint density at radius 3 is 2.38 bits per heavy atom. The summed E-state index contributed by atoms with van der Waals surface area (Å²) in [5.74, 6) is 0.113. The zero-order valence-electron chi connectivity index (χ0n) is 15.9. The predicted octanol–water partition coefficient (Wildman–Crippen LogP) is 3.23. The van der Waals surface area contributed by atoms with Gasteiger partial charge >= 0.3 is 6.18 Å². The van der Waals surface area contributed by atoms with Crippen molar-refractivity contribution in [1.82, 2.24) is 20.1 Å². The fourth-order valence-electron chi connectivity index (χ4n) is 3.35. The largest absolute Gasteiger partial charge is 0.416 e. The molecule has 2 aliphatic rings. The average molecular weight is 424 g/mol. The zero-order valence-corrected chi connectivity index (χ0v) is 16.7. The molecule has 156 valence electrons. The van der Waals surface area contributed by atoms with Crippen molar-refractivity contribution in [2.24, 2.45) is 0 Å². The number of piperazine rings is 1. The molecule has 2 heterocycles. The number of carbonyl (C=O) groups excluding carboxylic acids is 1.